The van der Waals surface area contributed by atoms with Crippen LogP contribution in [0.5, 0.6) is 5.75 Å². The Morgan fingerprint density at radius 3 is 2.56 bits per heavy atom. The van der Waals surface area contributed by atoms with E-state index in [1.54, 1.807) is 0 Å². The summed E-state index contributed by atoms with van der Waals surface area (Å²) in [6, 6.07) is 2.36. The van der Waals surface area contributed by atoms with Crippen LogP contribution in [-0.2, 0) is 0 Å². The largest absolute Gasteiger partial charge is 0.496 e. The zero-order valence-corrected chi connectivity index (χ0v) is 9.74. The van der Waals surface area contributed by atoms with Gasteiger partial charge in [-0.2, -0.15) is 0 Å². The number of nitrogens with one attached hydrogen (secondary N) is 1. The first kappa shape index (κ1) is 13.2. The molecule has 2 rings (SSSR count). The lowest BCUT2D eigenvalue weighted by Gasteiger charge is -2.14. The van der Waals surface area contributed by atoms with Crippen molar-refractivity contribution in [2.45, 2.75) is 12.3 Å². The molecule has 1 saturated heterocycles. The minimum absolute atomic E-state index is 0. The molecule has 1 aromatic carbocycles. The summed E-state index contributed by atoms with van der Waals surface area (Å²) in [6.07, 6.45) is 0.932. The highest BCUT2D eigenvalue weighted by atomic mass is 35.5. The number of hydrogen-bond acceptors (Lipinski definition) is 2. The fourth-order valence-electron chi connectivity index (χ4n) is 1.96. The molecule has 0 spiro atoms. The molecule has 0 bridgehead atoms. The van der Waals surface area contributed by atoms with Crippen molar-refractivity contribution in [2.75, 3.05) is 20.2 Å². The normalized spacial score (nSPS) is 19.3. The van der Waals surface area contributed by atoms with E-state index in [2.05, 4.69) is 5.32 Å². The summed E-state index contributed by atoms with van der Waals surface area (Å²) in [5.74, 6) is -1.02. The van der Waals surface area contributed by atoms with Gasteiger partial charge < -0.3 is 10.1 Å². The van der Waals surface area contributed by atoms with Gasteiger partial charge in [-0.25, -0.2) is 8.78 Å². The molecule has 1 heterocycles. The maximum atomic E-state index is 13.1. The topological polar surface area (TPSA) is 21.3 Å². The average molecular weight is 250 g/mol. The molecule has 16 heavy (non-hydrogen) atoms. The molecule has 1 atom stereocenters. The minimum Gasteiger partial charge on any atom is -0.496 e. The van der Waals surface area contributed by atoms with E-state index in [9.17, 15) is 8.78 Å². The van der Waals surface area contributed by atoms with Crippen molar-refractivity contribution in [3.63, 3.8) is 0 Å². The number of methoxy groups -OCH3 is 1. The Morgan fingerprint density at radius 2 is 2.00 bits per heavy atom. The molecule has 0 aliphatic carbocycles. The summed E-state index contributed by atoms with van der Waals surface area (Å²) in [7, 11) is 1.47. The Kier molecular flexibility index (Phi) is 4.50. The Balaban J connectivity index is 0.00000128. The van der Waals surface area contributed by atoms with E-state index in [1.165, 1.54) is 13.2 Å². The van der Waals surface area contributed by atoms with Crippen LogP contribution in [0.1, 0.15) is 17.9 Å². The molecule has 5 heteroatoms. The molecule has 1 unspecified atom stereocenters. The van der Waals surface area contributed by atoms with Crippen LogP contribution in [0.15, 0.2) is 12.1 Å². The molecule has 1 aliphatic rings. The van der Waals surface area contributed by atoms with Crippen LogP contribution in [0, 0.1) is 11.6 Å². The Bertz CT molecular complexity index is 367. The third-order valence-corrected chi connectivity index (χ3v) is 2.77. The van der Waals surface area contributed by atoms with Crippen molar-refractivity contribution in [1.82, 2.24) is 5.32 Å². The second-order valence-corrected chi connectivity index (χ2v) is 3.70. The molecular formula is C11H14ClF2NO. The van der Waals surface area contributed by atoms with Gasteiger partial charge in [0, 0.05) is 24.1 Å². The highest BCUT2D eigenvalue weighted by Gasteiger charge is 2.22. The lowest BCUT2D eigenvalue weighted by atomic mass is 9.97. The Hall–Kier alpha value is -0.870. The summed E-state index contributed by atoms with van der Waals surface area (Å²) in [4.78, 5) is 0. The maximum Gasteiger partial charge on any atom is 0.162 e. The third kappa shape index (κ3) is 2.44. The molecule has 1 aliphatic heterocycles. The van der Waals surface area contributed by atoms with E-state index in [-0.39, 0.29) is 18.3 Å². The van der Waals surface area contributed by atoms with Gasteiger partial charge in [0.1, 0.15) is 5.75 Å². The summed E-state index contributed by atoms with van der Waals surface area (Å²) in [5.41, 5.74) is 0.751. The quantitative estimate of drug-likeness (QED) is 0.870. The smallest absolute Gasteiger partial charge is 0.162 e. The standard InChI is InChI=1S/C11H13F2NO.ClH/c1-15-11-5-10(13)9(12)4-8(11)7-2-3-14-6-7;/h4-5,7,14H,2-3,6H2,1H3;1H. The molecule has 0 amide bonds. The van der Waals surface area contributed by atoms with E-state index < -0.39 is 11.6 Å². The van der Waals surface area contributed by atoms with Crippen molar-refractivity contribution < 1.29 is 13.5 Å². The monoisotopic (exact) mass is 249 g/mol. The summed E-state index contributed by atoms with van der Waals surface area (Å²) < 4.78 is 31.1. The van der Waals surface area contributed by atoms with Gasteiger partial charge in [-0.05, 0) is 19.0 Å². The van der Waals surface area contributed by atoms with Crippen molar-refractivity contribution in [3.8, 4) is 5.75 Å². The van der Waals surface area contributed by atoms with E-state index >= 15 is 0 Å². The molecule has 90 valence electrons. The van der Waals surface area contributed by atoms with Crippen LogP contribution in [-0.4, -0.2) is 20.2 Å². The highest BCUT2D eigenvalue weighted by molar-refractivity contribution is 5.85. The van der Waals surface area contributed by atoms with Crippen LogP contribution < -0.4 is 10.1 Å². The van der Waals surface area contributed by atoms with E-state index in [4.69, 9.17) is 4.74 Å². The van der Waals surface area contributed by atoms with Gasteiger partial charge in [-0.1, -0.05) is 0 Å². The molecule has 1 aromatic rings. The van der Waals surface area contributed by atoms with Crippen molar-refractivity contribution >= 4 is 12.4 Å². The van der Waals surface area contributed by atoms with Gasteiger partial charge in [0.2, 0.25) is 0 Å². The van der Waals surface area contributed by atoms with Crippen LogP contribution in [0.2, 0.25) is 0 Å². The zero-order valence-electron chi connectivity index (χ0n) is 8.93. The summed E-state index contributed by atoms with van der Waals surface area (Å²) in [6.45, 7) is 1.70. The molecule has 0 radical (unpaired) electrons. The molecular weight excluding hydrogens is 236 g/mol. The molecule has 1 N–H and O–H groups in total. The Morgan fingerprint density at radius 1 is 1.31 bits per heavy atom. The summed E-state index contributed by atoms with van der Waals surface area (Å²) >= 11 is 0. The van der Waals surface area contributed by atoms with E-state index in [0.717, 1.165) is 31.1 Å². The van der Waals surface area contributed by atoms with Crippen LogP contribution in [0.3, 0.4) is 0 Å². The number of halogens is 3. The highest BCUT2D eigenvalue weighted by Crippen LogP contribution is 2.32. The maximum absolute atomic E-state index is 13.1. The number of ether oxygens (including phenoxy) is 1. The predicted octanol–water partition coefficient (Wildman–Crippen LogP) is 2.47. The second kappa shape index (κ2) is 5.46. The molecule has 1 fully saturated rings. The second-order valence-electron chi connectivity index (χ2n) is 3.70. The van der Waals surface area contributed by atoms with Crippen LogP contribution in [0.4, 0.5) is 8.78 Å². The Labute approximate surface area is 99.4 Å². The van der Waals surface area contributed by atoms with Gasteiger partial charge in [0.05, 0.1) is 7.11 Å². The lowest BCUT2D eigenvalue weighted by molar-refractivity contribution is 0.397. The van der Waals surface area contributed by atoms with Crippen molar-refractivity contribution in [3.05, 3.63) is 29.3 Å². The predicted molar refractivity (Wildman–Crippen MR) is 60.4 cm³/mol. The number of rotatable bonds is 2. The van der Waals surface area contributed by atoms with Crippen molar-refractivity contribution in [1.29, 1.82) is 0 Å². The minimum atomic E-state index is -0.860. The first-order valence-electron chi connectivity index (χ1n) is 4.96. The lowest BCUT2D eigenvalue weighted by Crippen LogP contribution is -2.09. The molecule has 0 saturated carbocycles. The van der Waals surface area contributed by atoms with Crippen LogP contribution >= 0.6 is 12.4 Å². The van der Waals surface area contributed by atoms with Gasteiger partial charge in [0.25, 0.3) is 0 Å². The van der Waals surface area contributed by atoms with Crippen LogP contribution in [0.25, 0.3) is 0 Å². The fourth-order valence-corrected chi connectivity index (χ4v) is 1.96. The van der Waals surface area contributed by atoms with Gasteiger partial charge in [-0.15, -0.1) is 12.4 Å². The summed E-state index contributed by atoms with van der Waals surface area (Å²) in [5, 5.41) is 3.18. The van der Waals surface area contributed by atoms with Crippen molar-refractivity contribution in [2.24, 2.45) is 0 Å². The molecule has 0 aromatic heterocycles. The number of benzene rings is 1. The van der Waals surface area contributed by atoms with Gasteiger partial charge >= 0.3 is 0 Å². The van der Waals surface area contributed by atoms with Gasteiger partial charge in [-0.3, -0.25) is 0 Å². The third-order valence-electron chi connectivity index (χ3n) is 2.77. The fraction of sp³-hybridized carbons (Fsp3) is 0.455. The first-order chi connectivity index (χ1) is 7.22. The SMILES string of the molecule is COc1cc(F)c(F)cc1C1CCNC1.Cl. The zero-order chi connectivity index (χ0) is 10.8. The first-order valence-corrected chi connectivity index (χ1v) is 4.96. The van der Waals surface area contributed by atoms with E-state index in [0.29, 0.717) is 5.75 Å². The average Bonchev–Trinajstić information content (AvgIpc) is 2.74. The molecule has 2 nitrogen and oxygen atoms in total. The van der Waals surface area contributed by atoms with E-state index in [1.807, 2.05) is 0 Å². The number of hydrogen-bond donors (Lipinski definition) is 1. The van der Waals surface area contributed by atoms with Gasteiger partial charge in [0.15, 0.2) is 11.6 Å².